The van der Waals surface area contributed by atoms with Crippen molar-refractivity contribution >= 4 is 42.3 Å². The number of aromatic nitrogens is 1. The number of amides is 2. The van der Waals surface area contributed by atoms with Gasteiger partial charge in [-0.2, -0.15) is 0 Å². The minimum Gasteiger partial charge on any atom is -0.354 e. The van der Waals surface area contributed by atoms with Crippen LogP contribution in [-0.4, -0.2) is 35.9 Å². The third kappa shape index (κ3) is 7.06. The Kier molecular flexibility index (Phi) is 10.5. The Morgan fingerprint density at radius 2 is 1.95 bits per heavy atom. The van der Waals surface area contributed by atoms with Gasteiger partial charge in [0.25, 0.3) is 0 Å². The highest BCUT2D eigenvalue weighted by molar-refractivity contribution is 5.91. The van der Waals surface area contributed by atoms with Gasteiger partial charge in [0.15, 0.2) is 0 Å². The van der Waals surface area contributed by atoms with Gasteiger partial charge >= 0.3 is 0 Å². The molecule has 1 atom stereocenters. The summed E-state index contributed by atoms with van der Waals surface area (Å²) in [6.07, 6.45) is 6.57. The molecule has 0 saturated carbocycles. The first-order valence-electron chi connectivity index (χ1n) is 6.96. The van der Waals surface area contributed by atoms with Crippen molar-refractivity contribution in [2.45, 2.75) is 31.7 Å². The molecule has 1 saturated heterocycles. The lowest BCUT2D eigenvalue weighted by molar-refractivity contribution is -0.123. The van der Waals surface area contributed by atoms with Crippen LogP contribution in [0.5, 0.6) is 0 Å². The normalized spacial score (nSPS) is 16.6. The highest BCUT2D eigenvalue weighted by Crippen LogP contribution is 2.07. The summed E-state index contributed by atoms with van der Waals surface area (Å²) in [6, 6.07) is 3.34. The summed E-state index contributed by atoms with van der Waals surface area (Å²) < 4.78 is 0. The van der Waals surface area contributed by atoms with E-state index in [1.165, 1.54) is 0 Å². The van der Waals surface area contributed by atoms with E-state index in [4.69, 9.17) is 0 Å². The van der Waals surface area contributed by atoms with Crippen molar-refractivity contribution in [1.82, 2.24) is 15.6 Å². The van der Waals surface area contributed by atoms with Crippen LogP contribution in [0.4, 0.5) is 5.69 Å². The number of nitrogens with zero attached hydrogens (tertiary/aromatic N) is 1. The number of hydrogen-bond acceptors (Lipinski definition) is 4. The molecule has 0 aromatic carbocycles. The van der Waals surface area contributed by atoms with E-state index < -0.39 is 0 Å². The Bertz CT molecular complexity index is 453. The second kappa shape index (κ2) is 11.2. The van der Waals surface area contributed by atoms with Crippen molar-refractivity contribution < 1.29 is 9.59 Å². The van der Waals surface area contributed by atoms with Crippen LogP contribution in [0.2, 0.25) is 0 Å². The van der Waals surface area contributed by atoms with Crippen LogP contribution in [0.1, 0.15) is 25.7 Å². The van der Waals surface area contributed by atoms with E-state index in [2.05, 4.69) is 20.9 Å². The van der Waals surface area contributed by atoms with Gasteiger partial charge in [0.05, 0.1) is 6.04 Å². The number of carbonyl (C=O) groups excluding carboxylic acids is 2. The number of nitrogens with one attached hydrogen (secondary N) is 3. The molecule has 124 valence electrons. The zero-order chi connectivity index (χ0) is 14.2. The molecule has 1 fully saturated rings. The zero-order valence-corrected chi connectivity index (χ0v) is 13.8. The molecule has 0 aliphatic carbocycles. The van der Waals surface area contributed by atoms with E-state index in [1.54, 1.807) is 24.5 Å². The van der Waals surface area contributed by atoms with Crippen molar-refractivity contribution in [2.75, 3.05) is 18.4 Å². The molecule has 8 heteroatoms. The number of piperidine rings is 1. The van der Waals surface area contributed by atoms with Gasteiger partial charge in [0, 0.05) is 31.0 Å². The highest BCUT2D eigenvalue weighted by Gasteiger charge is 2.19. The monoisotopic (exact) mass is 348 g/mol. The third-order valence-corrected chi connectivity index (χ3v) is 3.24. The van der Waals surface area contributed by atoms with Crippen LogP contribution in [0.3, 0.4) is 0 Å². The number of hydrogen-bond donors (Lipinski definition) is 3. The standard InChI is InChI=1S/C14H20N4O2.2ClH/c19-13(18-11-4-8-15-9-5-11)6-10-17-14(20)12-3-1-2-7-16-12;;/h4-5,8-9,12,16H,1-3,6-7,10H2,(H,17,20)(H,15,18,19);2*1H/t12-;;/m1../s1. The van der Waals surface area contributed by atoms with Crippen molar-refractivity contribution in [3.05, 3.63) is 24.5 Å². The fraction of sp³-hybridized carbons (Fsp3) is 0.500. The van der Waals surface area contributed by atoms with Crippen LogP contribution >= 0.6 is 24.8 Å². The number of halogens is 2. The molecular weight excluding hydrogens is 327 g/mol. The lowest BCUT2D eigenvalue weighted by atomic mass is 10.0. The minimum absolute atomic E-state index is 0. The van der Waals surface area contributed by atoms with Crippen LogP contribution in [0.25, 0.3) is 0 Å². The molecule has 6 nitrogen and oxygen atoms in total. The van der Waals surface area contributed by atoms with Gasteiger partial charge < -0.3 is 16.0 Å². The molecule has 0 unspecified atom stereocenters. The van der Waals surface area contributed by atoms with Crippen LogP contribution in [-0.2, 0) is 9.59 Å². The molecule has 2 heterocycles. The molecule has 1 aliphatic rings. The van der Waals surface area contributed by atoms with Crippen LogP contribution < -0.4 is 16.0 Å². The van der Waals surface area contributed by atoms with Crippen molar-refractivity contribution in [2.24, 2.45) is 0 Å². The van der Waals surface area contributed by atoms with Crippen molar-refractivity contribution in [3.8, 4) is 0 Å². The fourth-order valence-electron chi connectivity index (χ4n) is 2.16. The summed E-state index contributed by atoms with van der Waals surface area (Å²) in [5, 5.41) is 8.72. The molecule has 1 aromatic heterocycles. The van der Waals surface area contributed by atoms with E-state index in [0.717, 1.165) is 25.8 Å². The number of pyridine rings is 1. The van der Waals surface area contributed by atoms with Gasteiger partial charge in [-0.1, -0.05) is 6.42 Å². The number of rotatable bonds is 5. The Hall–Kier alpha value is -1.37. The fourth-order valence-corrected chi connectivity index (χ4v) is 2.16. The average molecular weight is 349 g/mol. The molecule has 22 heavy (non-hydrogen) atoms. The molecule has 2 rings (SSSR count). The quantitative estimate of drug-likeness (QED) is 0.753. The Morgan fingerprint density at radius 1 is 1.23 bits per heavy atom. The molecule has 3 N–H and O–H groups in total. The summed E-state index contributed by atoms with van der Waals surface area (Å²) in [5.41, 5.74) is 0.713. The van der Waals surface area contributed by atoms with Gasteiger partial charge in [-0.15, -0.1) is 24.8 Å². The van der Waals surface area contributed by atoms with E-state index in [9.17, 15) is 9.59 Å². The van der Waals surface area contributed by atoms with E-state index in [-0.39, 0.29) is 49.1 Å². The first-order chi connectivity index (χ1) is 9.75. The molecule has 2 amide bonds. The summed E-state index contributed by atoms with van der Waals surface area (Å²) in [5.74, 6) is -0.130. The summed E-state index contributed by atoms with van der Waals surface area (Å²) in [4.78, 5) is 27.4. The molecule has 0 bridgehead atoms. The summed E-state index contributed by atoms with van der Waals surface area (Å²) in [7, 11) is 0. The van der Waals surface area contributed by atoms with Gasteiger partial charge in [0.1, 0.15) is 0 Å². The van der Waals surface area contributed by atoms with Crippen molar-refractivity contribution in [1.29, 1.82) is 0 Å². The maximum Gasteiger partial charge on any atom is 0.237 e. The SMILES string of the molecule is Cl.Cl.O=C(CCNC(=O)[C@H]1CCCCN1)Nc1ccncc1. The molecule has 0 spiro atoms. The first kappa shape index (κ1) is 20.6. The van der Waals surface area contributed by atoms with Gasteiger partial charge in [0.2, 0.25) is 11.8 Å². The lowest BCUT2D eigenvalue weighted by Crippen LogP contribution is -2.47. The molecule has 1 aromatic rings. The molecule has 0 radical (unpaired) electrons. The van der Waals surface area contributed by atoms with Gasteiger partial charge in [-0.3, -0.25) is 14.6 Å². The predicted molar refractivity (Wildman–Crippen MR) is 90.6 cm³/mol. The smallest absolute Gasteiger partial charge is 0.237 e. The lowest BCUT2D eigenvalue weighted by Gasteiger charge is -2.22. The maximum absolute atomic E-state index is 11.8. The van der Waals surface area contributed by atoms with Crippen LogP contribution in [0, 0.1) is 0 Å². The second-order valence-electron chi connectivity index (χ2n) is 4.83. The van der Waals surface area contributed by atoms with Gasteiger partial charge in [-0.25, -0.2) is 0 Å². The summed E-state index contributed by atoms with van der Waals surface area (Å²) >= 11 is 0. The second-order valence-corrected chi connectivity index (χ2v) is 4.83. The largest absolute Gasteiger partial charge is 0.354 e. The minimum atomic E-state index is -0.117. The maximum atomic E-state index is 11.8. The highest BCUT2D eigenvalue weighted by atomic mass is 35.5. The average Bonchev–Trinajstić information content (AvgIpc) is 2.49. The topological polar surface area (TPSA) is 83.1 Å². The Balaban J connectivity index is 0.00000220. The molecule has 1 aliphatic heterocycles. The molecular formula is C14H22Cl2N4O2. The first-order valence-corrected chi connectivity index (χ1v) is 6.96. The predicted octanol–water partition coefficient (Wildman–Crippen LogP) is 1.51. The number of carbonyl (C=O) groups is 2. The Morgan fingerprint density at radius 3 is 2.59 bits per heavy atom. The van der Waals surface area contributed by atoms with Gasteiger partial charge in [-0.05, 0) is 31.5 Å². The van der Waals surface area contributed by atoms with E-state index >= 15 is 0 Å². The van der Waals surface area contributed by atoms with E-state index in [1.807, 2.05) is 0 Å². The zero-order valence-electron chi connectivity index (χ0n) is 12.2. The summed E-state index contributed by atoms with van der Waals surface area (Å²) in [6.45, 7) is 1.24. The third-order valence-electron chi connectivity index (χ3n) is 3.24. The van der Waals surface area contributed by atoms with Crippen LogP contribution in [0.15, 0.2) is 24.5 Å². The Labute approximate surface area is 142 Å². The van der Waals surface area contributed by atoms with Crippen molar-refractivity contribution in [3.63, 3.8) is 0 Å². The van der Waals surface area contributed by atoms with E-state index in [0.29, 0.717) is 12.2 Å². The number of anilines is 1.